The Morgan fingerprint density at radius 3 is 2.27 bits per heavy atom. The first-order chi connectivity index (χ1) is 12.6. The van der Waals surface area contributed by atoms with Crippen molar-refractivity contribution >= 4 is 5.97 Å². The fourth-order valence-corrected chi connectivity index (χ4v) is 3.42. The van der Waals surface area contributed by atoms with Crippen molar-refractivity contribution in [3.05, 3.63) is 77.2 Å². The minimum atomic E-state index is -0.985. The van der Waals surface area contributed by atoms with Crippen molar-refractivity contribution in [2.75, 3.05) is 0 Å². The van der Waals surface area contributed by atoms with Crippen LogP contribution in [0.25, 0.3) is 22.4 Å². The van der Waals surface area contributed by atoms with Crippen LogP contribution in [0.1, 0.15) is 40.4 Å². The highest BCUT2D eigenvalue weighted by Crippen LogP contribution is 2.45. The molecular weight excluding hydrogens is 329 g/mol. The van der Waals surface area contributed by atoms with E-state index in [-0.39, 0.29) is 17.3 Å². The maximum atomic E-state index is 13.4. The van der Waals surface area contributed by atoms with E-state index in [2.05, 4.69) is 0 Å². The smallest absolute Gasteiger partial charge is 0.338 e. The van der Waals surface area contributed by atoms with E-state index in [1.807, 2.05) is 37.3 Å². The molecule has 1 fully saturated rings. The number of aromatic nitrogens is 1. The summed E-state index contributed by atoms with van der Waals surface area (Å²) in [6, 6.07) is 15.8. The first kappa shape index (κ1) is 16.5. The molecule has 3 nitrogen and oxygen atoms in total. The second-order valence-corrected chi connectivity index (χ2v) is 6.67. The fraction of sp³-hybridized carbons (Fsp3) is 0.182. The van der Waals surface area contributed by atoms with Gasteiger partial charge in [-0.2, -0.15) is 0 Å². The number of benzene rings is 2. The summed E-state index contributed by atoms with van der Waals surface area (Å²) in [4.78, 5) is 16.9. The summed E-state index contributed by atoms with van der Waals surface area (Å²) in [7, 11) is 0. The summed E-state index contributed by atoms with van der Waals surface area (Å²) in [6.07, 6.45) is 1.90. The predicted molar refractivity (Wildman–Crippen MR) is 98.7 cm³/mol. The lowest BCUT2D eigenvalue weighted by molar-refractivity contribution is 0.0696. The zero-order valence-corrected chi connectivity index (χ0v) is 14.4. The SMILES string of the molecule is Cc1c(-c2ccccc2)nc(C2CC2)c(C(=O)O)c1-c1ccc(F)cc1. The van der Waals surface area contributed by atoms with Crippen LogP contribution in [0.5, 0.6) is 0 Å². The van der Waals surface area contributed by atoms with Crippen LogP contribution in [0.4, 0.5) is 4.39 Å². The quantitative estimate of drug-likeness (QED) is 0.684. The minimum absolute atomic E-state index is 0.184. The monoisotopic (exact) mass is 347 g/mol. The third-order valence-electron chi connectivity index (χ3n) is 4.83. The fourth-order valence-electron chi connectivity index (χ4n) is 3.42. The molecule has 0 bridgehead atoms. The molecule has 0 amide bonds. The van der Waals surface area contributed by atoms with Crippen molar-refractivity contribution in [2.24, 2.45) is 0 Å². The van der Waals surface area contributed by atoms with Gasteiger partial charge >= 0.3 is 5.97 Å². The standard InChI is InChI=1S/C22H18FNO2/c1-13-18(14-9-11-17(23)12-10-14)19(22(25)26)21(16-7-8-16)24-20(13)15-5-3-2-4-6-15/h2-6,9-12,16H,7-8H2,1H3,(H,25,26). The molecule has 2 aromatic carbocycles. The van der Waals surface area contributed by atoms with Crippen LogP contribution in [0.3, 0.4) is 0 Å². The van der Waals surface area contributed by atoms with Gasteiger partial charge in [0, 0.05) is 17.0 Å². The summed E-state index contributed by atoms with van der Waals surface area (Å²) < 4.78 is 13.4. The molecule has 1 heterocycles. The first-order valence-electron chi connectivity index (χ1n) is 8.65. The van der Waals surface area contributed by atoms with Gasteiger partial charge in [-0.25, -0.2) is 9.18 Å². The van der Waals surface area contributed by atoms with Crippen LogP contribution in [0.15, 0.2) is 54.6 Å². The van der Waals surface area contributed by atoms with Crippen molar-refractivity contribution in [3.63, 3.8) is 0 Å². The van der Waals surface area contributed by atoms with Gasteiger partial charge in [0.05, 0.1) is 17.0 Å². The van der Waals surface area contributed by atoms with E-state index in [0.29, 0.717) is 16.8 Å². The molecule has 3 aromatic rings. The molecule has 130 valence electrons. The highest BCUT2D eigenvalue weighted by atomic mass is 19.1. The summed E-state index contributed by atoms with van der Waals surface area (Å²) in [5.41, 5.74) is 4.75. The Morgan fingerprint density at radius 1 is 1.04 bits per heavy atom. The Morgan fingerprint density at radius 2 is 1.69 bits per heavy atom. The number of hydrogen-bond donors (Lipinski definition) is 1. The van der Waals surface area contributed by atoms with Crippen LogP contribution < -0.4 is 0 Å². The lowest BCUT2D eigenvalue weighted by Crippen LogP contribution is -2.10. The number of nitrogens with zero attached hydrogens (tertiary/aromatic N) is 1. The highest BCUT2D eigenvalue weighted by Gasteiger charge is 2.33. The van der Waals surface area contributed by atoms with Gasteiger partial charge in [0.2, 0.25) is 0 Å². The molecule has 0 aliphatic heterocycles. The zero-order valence-electron chi connectivity index (χ0n) is 14.4. The number of carbonyl (C=O) groups is 1. The third kappa shape index (κ3) is 2.88. The van der Waals surface area contributed by atoms with Gasteiger partial charge in [0.1, 0.15) is 5.82 Å². The Balaban J connectivity index is 2.05. The van der Waals surface area contributed by atoms with Crippen LogP contribution in [-0.4, -0.2) is 16.1 Å². The Kier molecular flexibility index (Phi) is 4.03. The van der Waals surface area contributed by atoms with Crippen LogP contribution >= 0.6 is 0 Å². The van der Waals surface area contributed by atoms with E-state index in [4.69, 9.17) is 4.98 Å². The van der Waals surface area contributed by atoms with Crippen LogP contribution in [0.2, 0.25) is 0 Å². The second kappa shape index (κ2) is 6.37. The van der Waals surface area contributed by atoms with Crippen molar-refractivity contribution < 1.29 is 14.3 Å². The van der Waals surface area contributed by atoms with E-state index in [0.717, 1.165) is 29.7 Å². The predicted octanol–water partition coefficient (Wildman–Crippen LogP) is 5.44. The number of carboxylic acids is 1. The Hall–Kier alpha value is -3.01. The van der Waals surface area contributed by atoms with E-state index in [1.54, 1.807) is 12.1 Å². The molecule has 4 heteroatoms. The van der Waals surface area contributed by atoms with E-state index >= 15 is 0 Å². The average molecular weight is 347 g/mol. The van der Waals surface area contributed by atoms with Crippen molar-refractivity contribution in [1.29, 1.82) is 0 Å². The summed E-state index contributed by atoms with van der Waals surface area (Å²) in [5, 5.41) is 9.91. The molecule has 0 saturated heterocycles. The molecule has 1 aliphatic carbocycles. The van der Waals surface area contributed by atoms with Gasteiger partial charge in [-0.3, -0.25) is 4.98 Å². The molecule has 26 heavy (non-hydrogen) atoms. The minimum Gasteiger partial charge on any atom is -0.478 e. The number of halogens is 1. The number of hydrogen-bond acceptors (Lipinski definition) is 2. The molecule has 0 radical (unpaired) electrons. The summed E-state index contributed by atoms with van der Waals surface area (Å²) in [5.74, 6) is -1.15. The van der Waals surface area contributed by atoms with Crippen LogP contribution in [-0.2, 0) is 0 Å². The average Bonchev–Trinajstić information content (AvgIpc) is 3.48. The number of pyridine rings is 1. The maximum Gasteiger partial charge on any atom is 0.338 e. The lowest BCUT2D eigenvalue weighted by atomic mass is 9.90. The summed E-state index contributed by atoms with van der Waals surface area (Å²) in [6.45, 7) is 1.89. The van der Waals surface area contributed by atoms with E-state index in [9.17, 15) is 14.3 Å². The van der Waals surface area contributed by atoms with Gasteiger partial charge < -0.3 is 5.11 Å². The summed E-state index contributed by atoms with van der Waals surface area (Å²) >= 11 is 0. The Bertz CT molecular complexity index is 977. The second-order valence-electron chi connectivity index (χ2n) is 6.67. The van der Waals surface area contributed by atoms with E-state index in [1.165, 1.54) is 12.1 Å². The third-order valence-corrected chi connectivity index (χ3v) is 4.83. The molecule has 1 aromatic heterocycles. The van der Waals surface area contributed by atoms with E-state index < -0.39 is 5.97 Å². The highest BCUT2D eigenvalue weighted by molar-refractivity contribution is 5.99. The molecule has 4 rings (SSSR count). The van der Waals surface area contributed by atoms with Crippen molar-refractivity contribution in [2.45, 2.75) is 25.7 Å². The van der Waals surface area contributed by atoms with Gasteiger partial charge in [-0.05, 0) is 43.0 Å². The van der Waals surface area contributed by atoms with Crippen LogP contribution in [0, 0.1) is 12.7 Å². The molecule has 1 aliphatic rings. The number of carboxylic acid groups (broad SMARTS) is 1. The van der Waals surface area contributed by atoms with Gasteiger partial charge in [0.15, 0.2) is 0 Å². The zero-order chi connectivity index (χ0) is 18.3. The molecule has 1 saturated carbocycles. The van der Waals surface area contributed by atoms with Gasteiger partial charge in [-0.15, -0.1) is 0 Å². The van der Waals surface area contributed by atoms with Gasteiger partial charge in [0.25, 0.3) is 0 Å². The number of aromatic carboxylic acids is 1. The lowest BCUT2D eigenvalue weighted by Gasteiger charge is -2.18. The normalized spacial score (nSPS) is 13.6. The number of rotatable bonds is 4. The largest absolute Gasteiger partial charge is 0.478 e. The van der Waals surface area contributed by atoms with Crippen molar-refractivity contribution in [3.8, 4) is 22.4 Å². The van der Waals surface area contributed by atoms with Crippen molar-refractivity contribution in [1.82, 2.24) is 4.98 Å². The van der Waals surface area contributed by atoms with Gasteiger partial charge in [-0.1, -0.05) is 42.5 Å². The molecule has 1 N–H and O–H groups in total. The maximum absolute atomic E-state index is 13.4. The molecule has 0 atom stereocenters. The topological polar surface area (TPSA) is 50.2 Å². The first-order valence-corrected chi connectivity index (χ1v) is 8.65. The molecular formula is C22H18FNO2. The Labute approximate surface area is 151 Å². The molecule has 0 spiro atoms. The molecule has 0 unspecified atom stereocenters.